The molecule has 0 radical (unpaired) electrons. The van der Waals surface area contributed by atoms with Crippen molar-refractivity contribution in [1.82, 2.24) is 5.32 Å². The molecule has 1 rings (SSSR count). The molecule has 0 spiro atoms. The van der Waals surface area contributed by atoms with E-state index in [2.05, 4.69) is 21.2 Å². The molecule has 1 unspecified atom stereocenters. The van der Waals surface area contributed by atoms with Crippen LogP contribution in [0.3, 0.4) is 0 Å². The molecule has 0 aliphatic rings. The predicted molar refractivity (Wildman–Crippen MR) is 78.1 cm³/mol. The molecular formula is C14H21BrN2O. The Bertz CT molecular complexity index is 389. The first-order chi connectivity index (χ1) is 8.45. The van der Waals surface area contributed by atoms with Gasteiger partial charge in [-0.15, -0.1) is 0 Å². The van der Waals surface area contributed by atoms with Crippen molar-refractivity contribution in [3.63, 3.8) is 0 Å². The lowest BCUT2D eigenvalue weighted by atomic mass is 10.0. The number of nitrogens with two attached hydrogens (primary N) is 1. The van der Waals surface area contributed by atoms with Crippen LogP contribution in [-0.2, 0) is 4.79 Å². The largest absolute Gasteiger partial charge is 0.348 e. The van der Waals surface area contributed by atoms with E-state index < -0.39 is 6.04 Å². The fourth-order valence-electron chi connectivity index (χ4n) is 1.69. The zero-order valence-electron chi connectivity index (χ0n) is 11.1. The van der Waals surface area contributed by atoms with Gasteiger partial charge in [0.25, 0.3) is 0 Å². The number of halogens is 1. The summed E-state index contributed by atoms with van der Waals surface area (Å²) in [5.41, 5.74) is 6.95. The van der Waals surface area contributed by atoms with Crippen molar-refractivity contribution in [3.8, 4) is 0 Å². The number of amides is 1. The van der Waals surface area contributed by atoms with Crippen LogP contribution in [0.4, 0.5) is 0 Å². The highest BCUT2D eigenvalue weighted by Gasteiger charge is 2.20. The second kappa shape index (κ2) is 6.90. The average Bonchev–Trinajstić information content (AvgIpc) is 2.35. The highest BCUT2D eigenvalue weighted by Crippen LogP contribution is 2.19. The molecule has 0 fully saturated rings. The molecule has 2 atom stereocenters. The third-order valence-electron chi connectivity index (χ3n) is 3.02. The zero-order valence-corrected chi connectivity index (χ0v) is 12.7. The van der Waals surface area contributed by atoms with E-state index in [9.17, 15) is 4.79 Å². The zero-order chi connectivity index (χ0) is 13.7. The van der Waals surface area contributed by atoms with Gasteiger partial charge in [0.05, 0.1) is 12.1 Å². The summed E-state index contributed by atoms with van der Waals surface area (Å²) >= 11 is 3.40. The molecule has 0 saturated carbocycles. The normalized spacial score (nSPS) is 14.3. The van der Waals surface area contributed by atoms with Crippen molar-refractivity contribution < 1.29 is 4.79 Å². The van der Waals surface area contributed by atoms with Gasteiger partial charge in [-0.2, -0.15) is 0 Å². The Balaban J connectivity index is 2.73. The molecule has 4 heteroatoms. The number of benzene rings is 1. The minimum atomic E-state index is -0.450. The monoisotopic (exact) mass is 312 g/mol. The Hall–Kier alpha value is -0.870. The summed E-state index contributed by atoms with van der Waals surface area (Å²) in [6.07, 6.45) is 0.845. The number of carbonyl (C=O) groups is 1. The van der Waals surface area contributed by atoms with Crippen LogP contribution in [-0.4, -0.2) is 11.9 Å². The van der Waals surface area contributed by atoms with Crippen LogP contribution >= 0.6 is 15.9 Å². The van der Waals surface area contributed by atoms with Crippen LogP contribution in [0.25, 0.3) is 0 Å². The van der Waals surface area contributed by atoms with Crippen molar-refractivity contribution in [2.24, 2.45) is 11.7 Å². The Morgan fingerprint density at radius 1 is 1.33 bits per heavy atom. The van der Waals surface area contributed by atoms with Crippen LogP contribution in [0.1, 0.15) is 38.8 Å². The van der Waals surface area contributed by atoms with E-state index in [-0.39, 0.29) is 17.9 Å². The second-order valence-corrected chi connectivity index (χ2v) is 5.71. The molecule has 0 aliphatic heterocycles. The molecule has 0 aromatic heterocycles. The Morgan fingerprint density at radius 2 is 1.89 bits per heavy atom. The van der Waals surface area contributed by atoms with Gasteiger partial charge in [0, 0.05) is 4.47 Å². The molecular weight excluding hydrogens is 292 g/mol. The third kappa shape index (κ3) is 4.10. The average molecular weight is 313 g/mol. The van der Waals surface area contributed by atoms with E-state index >= 15 is 0 Å². The summed E-state index contributed by atoms with van der Waals surface area (Å²) in [6.45, 7) is 5.95. The smallest absolute Gasteiger partial charge is 0.237 e. The quantitative estimate of drug-likeness (QED) is 0.878. The number of rotatable bonds is 5. The predicted octanol–water partition coefficient (Wildman–Crippen LogP) is 3.00. The minimum Gasteiger partial charge on any atom is -0.348 e. The summed E-state index contributed by atoms with van der Waals surface area (Å²) in [6, 6.07) is 7.56. The lowest BCUT2D eigenvalue weighted by Gasteiger charge is -2.22. The summed E-state index contributed by atoms with van der Waals surface area (Å²) in [4.78, 5) is 11.9. The van der Waals surface area contributed by atoms with Gasteiger partial charge in [0.15, 0.2) is 0 Å². The van der Waals surface area contributed by atoms with Gasteiger partial charge in [-0.05, 0) is 30.0 Å². The van der Waals surface area contributed by atoms with Crippen molar-refractivity contribution in [1.29, 1.82) is 0 Å². The first-order valence-electron chi connectivity index (χ1n) is 6.27. The van der Waals surface area contributed by atoms with Gasteiger partial charge in [-0.3, -0.25) is 4.79 Å². The van der Waals surface area contributed by atoms with Crippen LogP contribution in [0, 0.1) is 5.92 Å². The maximum atomic E-state index is 11.9. The fourth-order valence-corrected chi connectivity index (χ4v) is 1.95. The van der Waals surface area contributed by atoms with Gasteiger partial charge in [0.1, 0.15) is 0 Å². The van der Waals surface area contributed by atoms with E-state index in [1.165, 1.54) is 0 Å². The Kier molecular flexibility index (Phi) is 5.82. The molecule has 3 nitrogen and oxygen atoms in total. The molecule has 0 aliphatic carbocycles. The molecule has 0 saturated heterocycles. The number of hydrogen-bond donors (Lipinski definition) is 2. The van der Waals surface area contributed by atoms with E-state index in [1.54, 1.807) is 0 Å². The van der Waals surface area contributed by atoms with E-state index in [0.29, 0.717) is 0 Å². The maximum absolute atomic E-state index is 11.9. The van der Waals surface area contributed by atoms with Gasteiger partial charge in [-0.25, -0.2) is 0 Å². The fraction of sp³-hybridized carbons (Fsp3) is 0.500. The Morgan fingerprint density at radius 3 is 2.33 bits per heavy atom. The van der Waals surface area contributed by atoms with E-state index in [0.717, 1.165) is 16.5 Å². The minimum absolute atomic E-state index is 0.0235. The topological polar surface area (TPSA) is 55.1 Å². The number of nitrogens with one attached hydrogen (secondary N) is 1. The van der Waals surface area contributed by atoms with Crippen molar-refractivity contribution >= 4 is 21.8 Å². The highest BCUT2D eigenvalue weighted by atomic mass is 79.9. The molecule has 1 aromatic rings. The van der Waals surface area contributed by atoms with E-state index in [4.69, 9.17) is 5.73 Å². The SMILES string of the molecule is CCC(NC(=O)[C@H](N)C(C)C)c1ccc(Br)cc1. The first-order valence-corrected chi connectivity index (χ1v) is 7.06. The molecule has 1 aromatic carbocycles. The lowest BCUT2D eigenvalue weighted by Crippen LogP contribution is -2.45. The van der Waals surface area contributed by atoms with E-state index in [1.807, 2.05) is 45.0 Å². The third-order valence-corrected chi connectivity index (χ3v) is 3.55. The highest BCUT2D eigenvalue weighted by molar-refractivity contribution is 9.10. The summed E-state index contributed by atoms with van der Waals surface area (Å²) in [5, 5.41) is 3.00. The summed E-state index contributed by atoms with van der Waals surface area (Å²) < 4.78 is 1.03. The number of hydrogen-bond acceptors (Lipinski definition) is 2. The lowest BCUT2D eigenvalue weighted by molar-refractivity contribution is -0.124. The van der Waals surface area contributed by atoms with Crippen LogP contribution in [0.2, 0.25) is 0 Å². The van der Waals surface area contributed by atoms with Crippen LogP contribution < -0.4 is 11.1 Å². The molecule has 18 heavy (non-hydrogen) atoms. The molecule has 1 amide bonds. The van der Waals surface area contributed by atoms with Crippen molar-refractivity contribution in [2.75, 3.05) is 0 Å². The standard InChI is InChI=1S/C14H21BrN2O/c1-4-12(10-5-7-11(15)8-6-10)17-14(18)13(16)9(2)3/h5-9,12-13H,4,16H2,1-3H3,(H,17,18)/t12?,13-/m1/s1. The molecule has 0 heterocycles. The number of carbonyl (C=O) groups excluding carboxylic acids is 1. The Labute approximate surface area is 117 Å². The van der Waals surface area contributed by atoms with Crippen molar-refractivity contribution in [2.45, 2.75) is 39.3 Å². The molecule has 0 bridgehead atoms. The van der Waals surface area contributed by atoms with Gasteiger partial charge >= 0.3 is 0 Å². The van der Waals surface area contributed by atoms with Crippen molar-refractivity contribution in [3.05, 3.63) is 34.3 Å². The van der Waals surface area contributed by atoms with Gasteiger partial charge in [-0.1, -0.05) is 48.8 Å². The first kappa shape index (κ1) is 15.2. The molecule has 3 N–H and O–H groups in total. The van der Waals surface area contributed by atoms with Crippen LogP contribution in [0.15, 0.2) is 28.7 Å². The van der Waals surface area contributed by atoms with Gasteiger partial charge in [0.2, 0.25) is 5.91 Å². The molecule has 100 valence electrons. The van der Waals surface area contributed by atoms with Gasteiger partial charge < -0.3 is 11.1 Å². The maximum Gasteiger partial charge on any atom is 0.237 e. The summed E-state index contributed by atoms with van der Waals surface area (Å²) in [5.74, 6) is 0.0622. The summed E-state index contributed by atoms with van der Waals surface area (Å²) in [7, 11) is 0. The second-order valence-electron chi connectivity index (χ2n) is 4.79. The van der Waals surface area contributed by atoms with Crippen LogP contribution in [0.5, 0.6) is 0 Å².